The smallest absolute Gasteiger partial charge is 0.200 e. The van der Waals surface area contributed by atoms with Gasteiger partial charge in [-0.05, 0) is 22.9 Å². The summed E-state index contributed by atoms with van der Waals surface area (Å²) < 4.78 is 5.84. The van der Waals surface area contributed by atoms with E-state index in [0.29, 0.717) is 27.6 Å². The fraction of sp³-hybridized carbons (Fsp3) is 0. The van der Waals surface area contributed by atoms with Crippen molar-refractivity contribution in [2.45, 2.75) is 0 Å². The second kappa shape index (κ2) is 4.73. The highest BCUT2D eigenvalue weighted by molar-refractivity contribution is 7.31. The molecule has 0 saturated heterocycles. The number of rotatable bonds is 2. The number of fused-ring (bicyclic) bond motifs is 2. The first-order valence-corrected chi connectivity index (χ1v) is 6.76. The Labute approximate surface area is 118 Å². The van der Waals surface area contributed by atoms with Gasteiger partial charge in [0.05, 0.1) is 10.9 Å². The third kappa shape index (κ3) is 1.90. The topological polar surface area (TPSA) is 30.2 Å². The summed E-state index contributed by atoms with van der Waals surface area (Å²) in [5, 5.41) is 3.25. The van der Waals surface area contributed by atoms with Gasteiger partial charge in [0.2, 0.25) is 5.43 Å². The summed E-state index contributed by atoms with van der Waals surface area (Å²) in [4.78, 5) is 12.5. The van der Waals surface area contributed by atoms with Crippen LogP contribution in [0, 0.1) is 0 Å². The molecule has 1 heterocycles. The van der Waals surface area contributed by atoms with E-state index in [-0.39, 0.29) is 5.43 Å². The fourth-order valence-corrected chi connectivity index (χ4v) is 2.53. The number of benzene rings is 2. The van der Waals surface area contributed by atoms with Crippen LogP contribution in [-0.2, 0) is 0 Å². The first-order chi connectivity index (χ1) is 9.61. The second-order valence-corrected chi connectivity index (χ2v) is 5.30. The van der Waals surface area contributed by atoms with E-state index < -0.39 is 0 Å². The van der Waals surface area contributed by atoms with Crippen molar-refractivity contribution < 1.29 is 4.42 Å². The van der Waals surface area contributed by atoms with Crippen molar-refractivity contribution in [1.29, 1.82) is 0 Å². The number of hydrogen-bond donors (Lipinski definition) is 0. The molecule has 0 radical (unpaired) electrons. The molecule has 3 rings (SSSR count). The van der Waals surface area contributed by atoms with Crippen molar-refractivity contribution in [1.82, 2.24) is 0 Å². The molecule has 0 N–H and O–H groups in total. The van der Waals surface area contributed by atoms with Crippen LogP contribution in [0.3, 0.4) is 0 Å². The van der Waals surface area contributed by atoms with E-state index in [0.717, 1.165) is 10.8 Å². The van der Waals surface area contributed by atoms with E-state index in [1.54, 1.807) is 0 Å². The SMILES string of the molecule is C=Cc1c(C(=C)P)oc2cc3ccccc3cc2c1=O. The molecule has 0 fully saturated rings. The fourth-order valence-electron chi connectivity index (χ4n) is 2.32. The Morgan fingerprint density at radius 1 is 1.20 bits per heavy atom. The van der Waals surface area contributed by atoms with Crippen LogP contribution in [0.5, 0.6) is 0 Å². The maximum absolute atomic E-state index is 12.5. The third-order valence-electron chi connectivity index (χ3n) is 3.29. The molecular weight excluding hydrogens is 267 g/mol. The molecule has 1 unspecified atom stereocenters. The van der Waals surface area contributed by atoms with E-state index in [1.807, 2.05) is 36.4 Å². The Morgan fingerprint density at radius 2 is 1.85 bits per heavy atom. The van der Waals surface area contributed by atoms with E-state index in [9.17, 15) is 4.79 Å². The normalized spacial score (nSPS) is 10.8. The Kier molecular flexibility index (Phi) is 3.04. The summed E-state index contributed by atoms with van der Waals surface area (Å²) in [5.74, 6) is 0.470. The van der Waals surface area contributed by atoms with Crippen LogP contribution in [-0.4, -0.2) is 0 Å². The Bertz CT molecular complexity index is 919. The van der Waals surface area contributed by atoms with Gasteiger partial charge in [-0.2, -0.15) is 0 Å². The molecule has 2 nitrogen and oxygen atoms in total. The molecule has 98 valence electrons. The van der Waals surface area contributed by atoms with Gasteiger partial charge in [-0.1, -0.05) is 43.5 Å². The van der Waals surface area contributed by atoms with Gasteiger partial charge in [0.25, 0.3) is 0 Å². The van der Waals surface area contributed by atoms with Gasteiger partial charge in [-0.15, -0.1) is 9.24 Å². The monoisotopic (exact) mass is 280 g/mol. The van der Waals surface area contributed by atoms with Crippen LogP contribution < -0.4 is 5.43 Å². The van der Waals surface area contributed by atoms with Crippen molar-refractivity contribution in [3.8, 4) is 0 Å². The third-order valence-corrected chi connectivity index (χ3v) is 3.55. The van der Waals surface area contributed by atoms with E-state index in [4.69, 9.17) is 4.42 Å². The molecule has 3 heteroatoms. The highest BCUT2D eigenvalue weighted by Gasteiger charge is 2.13. The largest absolute Gasteiger partial charge is 0.455 e. The van der Waals surface area contributed by atoms with Gasteiger partial charge in [-0.25, -0.2) is 0 Å². The zero-order chi connectivity index (χ0) is 14.3. The summed E-state index contributed by atoms with van der Waals surface area (Å²) in [7, 11) is 2.46. The minimum absolute atomic E-state index is 0.0781. The van der Waals surface area contributed by atoms with E-state index >= 15 is 0 Å². The maximum Gasteiger partial charge on any atom is 0.200 e. The summed E-state index contributed by atoms with van der Waals surface area (Å²) in [6, 6.07) is 11.6. The van der Waals surface area contributed by atoms with Gasteiger partial charge < -0.3 is 4.42 Å². The quantitative estimate of drug-likeness (QED) is 0.513. The van der Waals surface area contributed by atoms with E-state index in [2.05, 4.69) is 22.4 Å². The van der Waals surface area contributed by atoms with Crippen molar-refractivity contribution in [3.05, 3.63) is 71.1 Å². The van der Waals surface area contributed by atoms with Gasteiger partial charge in [-0.3, -0.25) is 4.79 Å². The van der Waals surface area contributed by atoms with Crippen LogP contribution in [0.2, 0.25) is 0 Å². The second-order valence-electron chi connectivity index (χ2n) is 4.60. The van der Waals surface area contributed by atoms with E-state index in [1.165, 1.54) is 6.08 Å². The molecule has 2 aromatic carbocycles. The van der Waals surface area contributed by atoms with Crippen LogP contribution in [0.25, 0.3) is 33.1 Å². The predicted molar refractivity (Wildman–Crippen MR) is 88.8 cm³/mol. The first kappa shape index (κ1) is 12.8. The Balaban J connectivity index is 2.53. The lowest BCUT2D eigenvalue weighted by Gasteiger charge is -2.07. The average Bonchev–Trinajstić information content (AvgIpc) is 2.45. The minimum atomic E-state index is -0.0781. The molecule has 0 amide bonds. The molecule has 0 aliphatic rings. The Morgan fingerprint density at radius 3 is 2.45 bits per heavy atom. The van der Waals surface area contributed by atoms with Gasteiger partial charge >= 0.3 is 0 Å². The van der Waals surface area contributed by atoms with Crippen LogP contribution in [0.1, 0.15) is 11.3 Å². The molecule has 0 spiro atoms. The maximum atomic E-state index is 12.5. The lowest BCUT2D eigenvalue weighted by Crippen LogP contribution is -2.08. The molecule has 0 aliphatic heterocycles. The minimum Gasteiger partial charge on any atom is -0.455 e. The predicted octanol–water partition coefficient (Wildman–Crippen LogP) is 4.44. The molecule has 1 atom stereocenters. The lowest BCUT2D eigenvalue weighted by atomic mass is 10.0. The summed E-state index contributed by atoms with van der Waals surface area (Å²) in [5.41, 5.74) is 0.941. The van der Waals surface area contributed by atoms with Crippen LogP contribution >= 0.6 is 9.24 Å². The number of hydrogen-bond acceptors (Lipinski definition) is 2. The molecule has 1 aromatic heterocycles. The standard InChI is InChI=1S/C17H13O2P/c1-3-13-16(18)14-8-11-6-4-5-7-12(11)9-15(14)19-17(13)10(2)20/h3-9H,1-2,20H2. The summed E-state index contributed by atoms with van der Waals surface area (Å²) in [6.07, 6.45) is 1.52. The summed E-state index contributed by atoms with van der Waals surface area (Å²) >= 11 is 0. The lowest BCUT2D eigenvalue weighted by molar-refractivity contribution is 0.588. The molecule has 20 heavy (non-hydrogen) atoms. The highest BCUT2D eigenvalue weighted by atomic mass is 31.0. The molecule has 0 saturated carbocycles. The molecular formula is C17H13O2P. The van der Waals surface area contributed by atoms with Crippen molar-refractivity contribution >= 4 is 42.4 Å². The van der Waals surface area contributed by atoms with Crippen molar-refractivity contribution in [3.63, 3.8) is 0 Å². The van der Waals surface area contributed by atoms with Crippen molar-refractivity contribution in [2.24, 2.45) is 0 Å². The first-order valence-electron chi connectivity index (χ1n) is 6.18. The van der Waals surface area contributed by atoms with Gasteiger partial charge in [0.1, 0.15) is 11.3 Å². The van der Waals surface area contributed by atoms with Crippen molar-refractivity contribution in [2.75, 3.05) is 0 Å². The Hall–Kier alpha value is -2.18. The summed E-state index contributed by atoms with van der Waals surface area (Å²) in [6.45, 7) is 7.52. The zero-order valence-electron chi connectivity index (χ0n) is 10.8. The average molecular weight is 280 g/mol. The molecule has 0 aliphatic carbocycles. The van der Waals surface area contributed by atoms with Crippen LogP contribution in [0.15, 0.2) is 58.8 Å². The van der Waals surface area contributed by atoms with Gasteiger partial charge in [0, 0.05) is 5.31 Å². The molecule has 0 bridgehead atoms. The molecule has 3 aromatic rings. The van der Waals surface area contributed by atoms with Gasteiger partial charge in [0.15, 0.2) is 0 Å². The zero-order valence-corrected chi connectivity index (χ0v) is 12.0. The van der Waals surface area contributed by atoms with Crippen LogP contribution in [0.4, 0.5) is 0 Å². The highest BCUT2D eigenvalue weighted by Crippen LogP contribution is 2.28.